The molecule has 0 saturated carbocycles. The van der Waals surface area contributed by atoms with Gasteiger partial charge < -0.3 is 0 Å². The second-order valence-corrected chi connectivity index (χ2v) is 4.47. The fraction of sp³-hybridized carbons (Fsp3) is 0.231. The highest BCUT2D eigenvalue weighted by Crippen LogP contribution is 2.26. The van der Waals surface area contributed by atoms with Gasteiger partial charge in [-0.05, 0) is 18.1 Å². The van der Waals surface area contributed by atoms with Crippen LogP contribution in [0.25, 0.3) is 5.69 Å². The lowest BCUT2D eigenvalue weighted by Crippen LogP contribution is -1.97. The van der Waals surface area contributed by atoms with Crippen LogP contribution in [0.2, 0.25) is 5.15 Å². The molecule has 0 atom stereocenters. The van der Waals surface area contributed by atoms with Crippen LogP contribution in [-0.2, 0) is 0 Å². The van der Waals surface area contributed by atoms with Crippen molar-refractivity contribution in [3.8, 4) is 5.69 Å². The molecule has 0 fully saturated rings. The van der Waals surface area contributed by atoms with Crippen LogP contribution in [0.1, 0.15) is 35.8 Å². The first-order valence-electron chi connectivity index (χ1n) is 5.44. The molecule has 0 saturated heterocycles. The molecule has 1 aromatic heterocycles. The minimum absolute atomic E-state index is 0.165. The summed E-state index contributed by atoms with van der Waals surface area (Å²) in [5.41, 5.74) is 2.06. The maximum Gasteiger partial charge on any atom is 0.155 e. The Hall–Kier alpha value is -1.61. The number of benzene rings is 1. The Bertz CT molecular complexity index is 532. The van der Waals surface area contributed by atoms with E-state index < -0.39 is 0 Å². The van der Waals surface area contributed by atoms with Crippen molar-refractivity contribution in [2.24, 2.45) is 0 Å². The van der Waals surface area contributed by atoms with E-state index >= 15 is 0 Å². The van der Waals surface area contributed by atoms with Crippen LogP contribution < -0.4 is 0 Å². The molecule has 0 aliphatic carbocycles. The average molecular weight is 249 g/mol. The predicted molar refractivity (Wildman–Crippen MR) is 68.1 cm³/mol. The number of hydrogen-bond donors (Lipinski definition) is 0. The van der Waals surface area contributed by atoms with Gasteiger partial charge in [0.2, 0.25) is 0 Å². The summed E-state index contributed by atoms with van der Waals surface area (Å²) in [6.45, 7) is 3.97. The Kier molecular flexibility index (Phi) is 3.29. The first kappa shape index (κ1) is 11.9. The van der Waals surface area contributed by atoms with Crippen LogP contribution in [0.5, 0.6) is 0 Å². The Balaban J connectivity index is 2.61. The maximum absolute atomic E-state index is 11.1. The summed E-state index contributed by atoms with van der Waals surface area (Å²) in [5.74, 6) is 0.165. The molecule has 1 aromatic carbocycles. The van der Waals surface area contributed by atoms with Gasteiger partial charge in [-0.15, -0.1) is 0 Å². The number of aldehydes is 1. The Labute approximate surface area is 105 Å². The fourth-order valence-corrected chi connectivity index (χ4v) is 1.98. The summed E-state index contributed by atoms with van der Waals surface area (Å²) in [6.07, 6.45) is 0.768. The van der Waals surface area contributed by atoms with E-state index in [2.05, 4.69) is 5.10 Å². The summed E-state index contributed by atoms with van der Waals surface area (Å²) < 4.78 is 1.60. The van der Waals surface area contributed by atoms with Crippen LogP contribution in [0, 0.1) is 0 Å². The van der Waals surface area contributed by atoms with Gasteiger partial charge in [-0.25, -0.2) is 4.68 Å². The molecule has 1 heterocycles. The van der Waals surface area contributed by atoms with Crippen LogP contribution in [-0.4, -0.2) is 16.1 Å². The number of hydrogen-bond acceptors (Lipinski definition) is 2. The van der Waals surface area contributed by atoms with Crippen molar-refractivity contribution in [3.05, 3.63) is 46.7 Å². The molecule has 88 valence electrons. The zero-order chi connectivity index (χ0) is 12.4. The van der Waals surface area contributed by atoms with Crippen molar-refractivity contribution in [2.75, 3.05) is 0 Å². The van der Waals surface area contributed by atoms with Gasteiger partial charge >= 0.3 is 0 Å². The minimum atomic E-state index is 0.165. The molecular weight excluding hydrogens is 236 g/mol. The zero-order valence-electron chi connectivity index (χ0n) is 9.72. The first-order chi connectivity index (χ1) is 8.15. The second-order valence-electron chi connectivity index (χ2n) is 4.11. The number of para-hydroxylation sites is 1. The van der Waals surface area contributed by atoms with Crippen LogP contribution >= 0.6 is 11.6 Å². The average Bonchev–Trinajstić information content (AvgIpc) is 2.67. The molecular formula is C13H13ClN2O. The lowest BCUT2D eigenvalue weighted by atomic mass is 10.1. The second kappa shape index (κ2) is 4.72. The minimum Gasteiger partial charge on any atom is -0.298 e. The maximum atomic E-state index is 11.1. The number of nitrogens with zero attached hydrogens (tertiary/aromatic N) is 2. The molecule has 2 aromatic rings. The normalized spacial score (nSPS) is 10.8. The summed E-state index contributed by atoms with van der Waals surface area (Å²) in [4.78, 5) is 11.1. The molecule has 0 amide bonds. The highest BCUT2D eigenvalue weighted by Gasteiger charge is 2.18. The molecule has 0 bridgehead atoms. The van der Waals surface area contributed by atoms with E-state index in [0.29, 0.717) is 10.7 Å². The van der Waals surface area contributed by atoms with E-state index in [-0.39, 0.29) is 5.92 Å². The quantitative estimate of drug-likeness (QED) is 0.780. The number of halogens is 1. The van der Waals surface area contributed by atoms with E-state index in [9.17, 15) is 4.79 Å². The van der Waals surface area contributed by atoms with Crippen molar-refractivity contribution in [1.82, 2.24) is 9.78 Å². The van der Waals surface area contributed by atoms with E-state index in [0.717, 1.165) is 17.7 Å². The number of rotatable bonds is 3. The van der Waals surface area contributed by atoms with Gasteiger partial charge in [0.15, 0.2) is 6.29 Å². The molecule has 17 heavy (non-hydrogen) atoms. The topological polar surface area (TPSA) is 34.9 Å². The van der Waals surface area contributed by atoms with Gasteiger partial charge in [0.05, 0.1) is 16.9 Å². The summed E-state index contributed by atoms with van der Waals surface area (Å²) >= 11 is 6.18. The third-order valence-electron chi connectivity index (χ3n) is 2.56. The van der Waals surface area contributed by atoms with Crippen LogP contribution in [0.3, 0.4) is 0 Å². The summed E-state index contributed by atoms with van der Waals surface area (Å²) in [6, 6.07) is 9.53. The van der Waals surface area contributed by atoms with Crippen LogP contribution in [0.4, 0.5) is 0 Å². The smallest absolute Gasteiger partial charge is 0.155 e. The number of carbonyl (C=O) groups is 1. The summed E-state index contributed by atoms with van der Waals surface area (Å²) in [7, 11) is 0. The molecule has 0 radical (unpaired) electrons. The fourth-order valence-electron chi connectivity index (χ4n) is 1.70. The standard InChI is InChI=1S/C13H13ClN2O/c1-9(2)12-11(8-17)13(14)16(15-12)10-6-4-3-5-7-10/h3-9H,1-2H3. The van der Waals surface area contributed by atoms with Gasteiger partial charge in [0, 0.05) is 0 Å². The molecule has 0 N–H and O–H groups in total. The predicted octanol–water partition coefficient (Wildman–Crippen LogP) is 3.46. The van der Waals surface area contributed by atoms with E-state index in [1.807, 2.05) is 44.2 Å². The highest BCUT2D eigenvalue weighted by atomic mass is 35.5. The SMILES string of the molecule is CC(C)c1nn(-c2ccccc2)c(Cl)c1C=O. The molecule has 0 spiro atoms. The Morgan fingerprint density at radius 1 is 1.29 bits per heavy atom. The zero-order valence-corrected chi connectivity index (χ0v) is 10.5. The van der Waals surface area contributed by atoms with Crippen molar-refractivity contribution in [2.45, 2.75) is 19.8 Å². The highest BCUT2D eigenvalue weighted by molar-refractivity contribution is 6.32. The van der Waals surface area contributed by atoms with Gasteiger partial charge in [0.1, 0.15) is 5.15 Å². The van der Waals surface area contributed by atoms with E-state index in [1.165, 1.54) is 0 Å². The van der Waals surface area contributed by atoms with Crippen molar-refractivity contribution in [1.29, 1.82) is 0 Å². The first-order valence-corrected chi connectivity index (χ1v) is 5.82. The molecule has 0 unspecified atom stereocenters. The Morgan fingerprint density at radius 2 is 1.94 bits per heavy atom. The molecule has 0 aliphatic rings. The monoisotopic (exact) mass is 248 g/mol. The lowest BCUT2D eigenvalue weighted by Gasteiger charge is -2.02. The largest absolute Gasteiger partial charge is 0.298 e. The third-order valence-corrected chi connectivity index (χ3v) is 2.92. The van der Waals surface area contributed by atoms with Gasteiger partial charge in [0.25, 0.3) is 0 Å². The molecule has 3 nitrogen and oxygen atoms in total. The van der Waals surface area contributed by atoms with Crippen molar-refractivity contribution < 1.29 is 4.79 Å². The molecule has 0 aliphatic heterocycles. The van der Waals surface area contributed by atoms with Crippen molar-refractivity contribution >= 4 is 17.9 Å². The third kappa shape index (κ3) is 2.11. The van der Waals surface area contributed by atoms with Crippen molar-refractivity contribution in [3.63, 3.8) is 0 Å². The Morgan fingerprint density at radius 3 is 2.41 bits per heavy atom. The van der Waals surface area contributed by atoms with Gasteiger partial charge in [-0.2, -0.15) is 5.10 Å². The van der Waals surface area contributed by atoms with Gasteiger partial charge in [-0.3, -0.25) is 4.79 Å². The van der Waals surface area contributed by atoms with Gasteiger partial charge in [-0.1, -0.05) is 43.6 Å². The van der Waals surface area contributed by atoms with E-state index in [4.69, 9.17) is 11.6 Å². The lowest BCUT2D eigenvalue weighted by molar-refractivity contribution is 0.112. The van der Waals surface area contributed by atoms with Crippen LogP contribution in [0.15, 0.2) is 30.3 Å². The summed E-state index contributed by atoms with van der Waals surface area (Å²) in [5, 5.41) is 4.77. The number of aromatic nitrogens is 2. The molecule has 4 heteroatoms. The molecule has 2 rings (SSSR count). The number of carbonyl (C=O) groups excluding carboxylic acids is 1. The van der Waals surface area contributed by atoms with E-state index in [1.54, 1.807) is 4.68 Å².